The summed E-state index contributed by atoms with van der Waals surface area (Å²) in [4.78, 5) is 28.9. The topological polar surface area (TPSA) is 88.4 Å². The van der Waals surface area contributed by atoms with Crippen LogP contribution in [0.3, 0.4) is 0 Å². The van der Waals surface area contributed by atoms with Gasteiger partial charge in [-0.2, -0.15) is 18.3 Å². The number of hydrogen-bond acceptors (Lipinski definition) is 4. The summed E-state index contributed by atoms with van der Waals surface area (Å²) in [5.41, 5.74) is 3.27. The quantitative estimate of drug-likeness (QED) is 0.698. The van der Waals surface area contributed by atoms with Crippen molar-refractivity contribution in [3.05, 3.63) is 58.5 Å². The Kier molecular flexibility index (Phi) is 5.27. The van der Waals surface area contributed by atoms with Crippen LogP contribution in [-0.4, -0.2) is 39.1 Å². The molecule has 0 aliphatic rings. The number of amides is 2. The molecular formula is C19H18F3N5O2. The molecule has 0 spiro atoms. The Balaban J connectivity index is 1.77. The molecule has 1 aromatic carbocycles. The molecule has 0 saturated carbocycles. The van der Waals surface area contributed by atoms with Crippen molar-refractivity contribution in [2.24, 2.45) is 0 Å². The lowest BCUT2D eigenvalue weighted by molar-refractivity contribution is -0.123. The smallest absolute Gasteiger partial charge is 0.343 e. The van der Waals surface area contributed by atoms with Gasteiger partial charge in [-0.25, -0.2) is 9.50 Å². The van der Waals surface area contributed by atoms with Crippen molar-refractivity contribution in [3.8, 4) is 0 Å². The predicted molar refractivity (Wildman–Crippen MR) is 100.0 cm³/mol. The summed E-state index contributed by atoms with van der Waals surface area (Å²) in [5.74, 6) is -1.28. The molecule has 2 aromatic heterocycles. The van der Waals surface area contributed by atoms with E-state index in [0.29, 0.717) is 22.6 Å². The average molecular weight is 405 g/mol. The van der Waals surface area contributed by atoms with E-state index in [9.17, 15) is 22.8 Å². The lowest BCUT2D eigenvalue weighted by Gasteiger charge is -2.09. The minimum absolute atomic E-state index is 0.0485. The van der Waals surface area contributed by atoms with Crippen molar-refractivity contribution in [3.63, 3.8) is 0 Å². The Bertz CT molecular complexity index is 1090. The summed E-state index contributed by atoms with van der Waals surface area (Å²) in [5, 5.41) is 8.83. The molecule has 0 atom stereocenters. The van der Waals surface area contributed by atoms with E-state index in [2.05, 4.69) is 15.4 Å². The van der Waals surface area contributed by atoms with Crippen LogP contribution in [0.15, 0.2) is 30.3 Å². The second kappa shape index (κ2) is 7.53. The third-order valence-electron chi connectivity index (χ3n) is 4.15. The Morgan fingerprint density at radius 1 is 1.07 bits per heavy atom. The summed E-state index contributed by atoms with van der Waals surface area (Å²) in [6.07, 6.45) is -4.49. The molecule has 0 radical (unpaired) electrons. The van der Waals surface area contributed by atoms with E-state index in [0.717, 1.165) is 11.4 Å². The summed E-state index contributed by atoms with van der Waals surface area (Å²) in [6.45, 7) is 3.97. The van der Waals surface area contributed by atoms with Crippen LogP contribution in [0.1, 0.15) is 37.8 Å². The third-order valence-corrected chi connectivity index (χ3v) is 4.15. The first-order valence-electron chi connectivity index (χ1n) is 8.65. The normalized spacial score (nSPS) is 11.5. The van der Waals surface area contributed by atoms with Crippen molar-refractivity contribution in [1.82, 2.24) is 19.9 Å². The van der Waals surface area contributed by atoms with E-state index in [1.807, 2.05) is 19.9 Å². The number of carbonyl (C=O) groups is 2. The van der Waals surface area contributed by atoms with Gasteiger partial charge < -0.3 is 10.6 Å². The van der Waals surface area contributed by atoms with E-state index in [1.54, 1.807) is 16.8 Å². The molecule has 0 unspecified atom stereocenters. The largest absolute Gasteiger partial charge is 0.405 e. The standard InChI is InChI=1S/C19H18F3N5O2/c1-10-8-11(2)27-16(24-10)15(12(3)26-27)18(29)25-14-6-4-13(5-7-14)17(28)23-9-19(20,21)22/h4-8H,9H2,1-3H3,(H,23,28)(H,25,29). The number of aromatic nitrogens is 3. The van der Waals surface area contributed by atoms with E-state index in [-0.39, 0.29) is 5.56 Å². The monoisotopic (exact) mass is 405 g/mol. The zero-order chi connectivity index (χ0) is 21.3. The molecule has 0 aliphatic heterocycles. The zero-order valence-electron chi connectivity index (χ0n) is 15.9. The fraction of sp³-hybridized carbons (Fsp3) is 0.263. The van der Waals surface area contributed by atoms with Gasteiger partial charge >= 0.3 is 6.18 Å². The summed E-state index contributed by atoms with van der Waals surface area (Å²) in [7, 11) is 0. The van der Waals surface area contributed by atoms with Crippen molar-refractivity contribution < 1.29 is 22.8 Å². The van der Waals surface area contributed by atoms with Crippen molar-refractivity contribution in [2.75, 3.05) is 11.9 Å². The van der Waals surface area contributed by atoms with Crippen LogP contribution >= 0.6 is 0 Å². The molecular weight excluding hydrogens is 387 g/mol. The zero-order valence-corrected chi connectivity index (χ0v) is 15.9. The second-order valence-electron chi connectivity index (χ2n) is 6.56. The highest BCUT2D eigenvalue weighted by atomic mass is 19.4. The summed E-state index contributed by atoms with van der Waals surface area (Å²) in [6, 6.07) is 7.38. The van der Waals surface area contributed by atoms with Crippen molar-refractivity contribution in [1.29, 1.82) is 0 Å². The van der Waals surface area contributed by atoms with E-state index in [4.69, 9.17) is 0 Å². The number of nitrogens with zero attached hydrogens (tertiary/aromatic N) is 3. The van der Waals surface area contributed by atoms with Gasteiger partial charge in [0, 0.05) is 22.6 Å². The van der Waals surface area contributed by atoms with Crippen LogP contribution < -0.4 is 10.6 Å². The first-order chi connectivity index (χ1) is 13.5. The predicted octanol–water partition coefficient (Wildman–Crippen LogP) is 3.20. The van der Waals surface area contributed by atoms with Crippen LogP contribution in [0.2, 0.25) is 0 Å². The molecule has 29 heavy (non-hydrogen) atoms. The van der Waals surface area contributed by atoms with Gasteiger partial charge in [-0.05, 0) is 51.1 Å². The molecule has 3 aromatic rings. The Hall–Kier alpha value is -3.43. The molecule has 2 heterocycles. The van der Waals surface area contributed by atoms with Crippen LogP contribution in [-0.2, 0) is 0 Å². The number of carbonyl (C=O) groups excluding carboxylic acids is 2. The Labute approximate surface area is 163 Å². The molecule has 0 bridgehead atoms. The summed E-state index contributed by atoms with van der Waals surface area (Å²) < 4.78 is 38.2. The molecule has 2 N–H and O–H groups in total. The van der Waals surface area contributed by atoms with Crippen molar-refractivity contribution in [2.45, 2.75) is 26.9 Å². The third kappa shape index (κ3) is 4.53. The van der Waals surface area contributed by atoms with Crippen LogP contribution in [0.5, 0.6) is 0 Å². The van der Waals surface area contributed by atoms with Gasteiger partial charge in [-0.1, -0.05) is 0 Å². The highest BCUT2D eigenvalue weighted by Crippen LogP contribution is 2.19. The van der Waals surface area contributed by atoms with Gasteiger partial charge in [0.1, 0.15) is 12.1 Å². The van der Waals surface area contributed by atoms with Gasteiger partial charge in [0.2, 0.25) is 0 Å². The highest BCUT2D eigenvalue weighted by molar-refractivity contribution is 6.09. The number of benzene rings is 1. The van der Waals surface area contributed by atoms with Crippen molar-refractivity contribution >= 4 is 23.1 Å². The number of anilines is 1. The second-order valence-corrected chi connectivity index (χ2v) is 6.56. The fourth-order valence-electron chi connectivity index (χ4n) is 2.87. The Morgan fingerprint density at radius 2 is 1.72 bits per heavy atom. The number of aryl methyl sites for hydroxylation is 3. The molecule has 0 aliphatic carbocycles. The number of halogens is 3. The van der Waals surface area contributed by atoms with Gasteiger partial charge in [0.05, 0.1) is 5.69 Å². The lowest BCUT2D eigenvalue weighted by Crippen LogP contribution is -2.33. The van der Waals surface area contributed by atoms with E-state index in [1.165, 1.54) is 24.3 Å². The van der Waals surface area contributed by atoms with Gasteiger partial charge in [-0.15, -0.1) is 0 Å². The maximum Gasteiger partial charge on any atom is 0.405 e. The maximum atomic E-state index is 12.8. The molecule has 3 rings (SSSR count). The van der Waals surface area contributed by atoms with E-state index < -0.39 is 24.5 Å². The highest BCUT2D eigenvalue weighted by Gasteiger charge is 2.28. The van der Waals surface area contributed by atoms with Gasteiger partial charge in [0.15, 0.2) is 5.65 Å². The fourth-order valence-corrected chi connectivity index (χ4v) is 2.87. The molecule has 10 heteroatoms. The number of hydrogen-bond donors (Lipinski definition) is 2. The number of rotatable bonds is 4. The molecule has 152 valence electrons. The number of fused-ring (bicyclic) bond motifs is 1. The Morgan fingerprint density at radius 3 is 2.34 bits per heavy atom. The van der Waals surface area contributed by atoms with Crippen LogP contribution in [0.25, 0.3) is 5.65 Å². The number of nitrogens with one attached hydrogen (secondary N) is 2. The number of alkyl halides is 3. The minimum atomic E-state index is -4.49. The first kappa shape index (κ1) is 20.3. The van der Waals surface area contributed by atoms with Gasteiger partial charge in [0.25, 0.3) is 11.8 Å². The van der Waals surface area contributed by atoms with E-state index >= 15 is 0 Å². The SMILES string of the molecule is Cc1cc(C)n2nc(C)c(C(=O)Nc3ccc(C(=O)NCC(F)(F)F)cc3)c2n1. The molecule has 7 nitrogen and oxygen atoms in total. The van der Waals surface area contributed by atoms with Gasteiger partial charge in [-0.3, -0.25) is 9.59 Å². The summed E-state index contributed by atoms with van der Waals surface area (Å²) >= 11 is 0. The molecule has 0 saturated heterocycles. The first-order valence-corrected chi connectivity index (χ1v) is 8.65. The minimum Gasteiger partial charge on any atom is -0.343 e. The average Bonchev–Trinajstić information content (AvgIpc) is 2.96. The van der Waals surface area contributed by atoms with Crippen LogP contribution in [0.4, 0.5) is 18.9 Å². The van der Waals surface area contributed by atoms with Crippen LogP contribution in [0, 0.1) is 20.8 Å². The lowest BCUT2D eigenvalue weighted by atomic mass is 10.1. The molecule has 2 amide bonds. The maximum absolute atomic E-state index is 12.8. The molecule has 0 fully saturated rings.